The molecule has 0 fully saturated rings. The third-order valence-corrected chi connectivity index (χ3v) is 4.79. The van der Waals surface area contributed by atoms with Crippen molar-refractivity contribution < 1.29 is 13.2 Å². The number of methoxy groups -OCH3 is 1. The van der Waals surface area contributed by atoms with E-state index in [2.05, 4.69) is 14.9 Å². The van der Waals surface area contributed by atoms with Gasteiger partial charge in [0, 0.05) is 12.2 Å². The van der Waals surface area contributed by atoms with Crippen molar-refractivity contribution in [2.45, 2.75) is 25.2 Å². The van der Waals surface area contributed by atoms with Crippen molar-refractivity contribution >= 4 is 10.0 Å². The fraction of sp³-hybridized carbons (Fsp3) is 0.357. The van der Waals surface area contributed by atoms with Gasteiger partial charge in [0.05, 0.1) is 17.7 Å². The molecule has 1 heterocycles. The number of ether oxygens (including phenoxy) is 1. The van der Waals surface area contributed by atoms with Gasteiger partial charge in [0.1, 0.15) is 5.75 Å². The monoisotopic (exact) mass is 309 g/mol. The Balaban J connectivity index is 2.01. The number of H-pyrrole nitrogens is 1. The van der Waals surface area contributed by atoms with Gasteiger partial charge in [-0.25, -0.2) is 13.1 Å². The summed E-state index contributed by atoms with van der Waals surface area (Å²) in [4.78, 5) is 0.226. The average molecular weight is 309 g/mol. The van der Waals surface area contributed by atoms with E-state index in [1.807, 2.05) is 13.8 Å². The summed E-state index contributed by atoms with van der Waals surface area (Å²) in [7, 11) is -1.96. The summed E-state index contributed by atoms with van der Waals surface area (Å²) < 4.78 is 31.9. The second-order valence-corrected chi connectivity index (χ2v) is 6.50. The highest BCUT2D eigenvalue weighted by molar-refractivity contribution is 7.89. The molecule has 0 atom stereocenters. The minimum atomic E-state index is -3.50. The van der Waals surface area contributed by atoms with E-state index < -0.39 is 10.0 Å². The maximum Gasteiger partial charge on any atom is 0.240 e. The lowest BCUT2D eigenvalue weighted by atomic mass is 10.1. The number of hydrogen-bond donors (Lipinski definition) is 2. The largest absolute Gasteiger partial charge is 0.497 e. The Morgan fingerprint density at radius 3 is 2.43 bits per heavy atom. The van der Waals surface area contributed by atoms with Crippen LogP contribution in [0.1, 0.15) is 17.0 Å². The summed E-state index contributed by atoms with van der Waals surface area (Å²) in [5.41, 5.74) is 2.92. The number of rotatable bonds is 6. The molecule has 2 N–H and O–H groups in total. The summed E-state index contributed by atoms with van der Waals surface area (Å²) in [6.07, 6.45) is 0.601. The second-order valence-electron chi connectivity index (χ2n) is 4.74. The minimum Gasteiger partial charge on any atom is -0.497 e. The van der Waals surface area contributed by atoms with Gasteiger partial charge in [-0.2, -0.15) is 5.10 Å². The molecule has 0 saturated heterocycles. The van der Waals surface area contributed by atoms with Crippen LogP contribution in [0.2, 0.25) is 0 Å². The Kier molecular flexibility index (Phi) is 4.64. The van der Waals surface area contributed by atoms with E-state index in [0.29, 0.717) is 18.7 Å². The fourth-order valence-electron chi connectivity index (χ4n) is 2.09. The van der Waals surface area contributed by atoms with Gasteiger partial charge in [0.15, 0.2) is 0 Å². The van der Waals surface area contributed by atoms with Crippen LogP contribution in [-0.2, 0) is 16.4 Å². The average Bonchev–Trinajstić information content (AvgIpc) is 2.79. The summed E-state index contributed by atoms with van der Waals surface area (Å²) in [5, 5.41) is 6.98. The highest BCUT2D eigenvalue weighted by Gasteiger charge is 2.14. The first kappa shape index (κ1) is 15.5. The SMILES string of the molecule is COc1ccc(S(=O)(=O)NCCc2c(C)n[nH]c2C)cc1. The van der Waals surface area contributed by atoms with Crippen molar-refractivity contribution in [3.63, 3.8) is 0 Å². The number of nitrogens with one attached hydrogen (secondary N) is 2. The Morgan fingerprint density at radius 1 is 1.24 bits per heavy atom. The van der Waals surface area contributed by atoms with Crippen molar-refractivity contribution in [1.29, 1.82) is 0 Å². The van der Waals surface area contributed by atoms with Crippen molar-refractivity contribution in [3.05, 3.63) is 41.2 Å². The Labute approximate surface area is 124 Å². The van der Waals surface area contributed by atoms with E-state index in [9.17, 15) is 8.42 Å². The summed E-state index contributed by atoms with van der Waals surface area (Å²) in [5.74, 6) is 0.624. The summed E-state index contributed by atoms with van der Waals surface area (Å²) >= 11 is 0. The lowest BCUT2D eigenvalue weighted by molar-refractivity contribution is 0.414. The number of sulfonamides is 1. The molecule has 0 radical (unpaired) electrons. The van der Waals surface area contributed by atoms with Gasteiger partial charge in [-0.05, 0) is 50.1 Å². The van der Waals surface area contributed by atoms with Crippen LogP contribution in [0.4, 0.5) is 0 Å². The van der Waals surface area contributed by atoms with E-state index in [1.165, 1.54) is 19.2 Å². The molecule has 0 amide bonds. The third-order valence-electron chi connectivity index (χ3n) is 3.32. The Hall–Kier alpha value is -1.86. The predicted molar refractivity (Wildman–Crippen MR) is 79.9 cm³/mol. The fourth-order valence-corrected chi connectivity index (χ4v) is 3.12. The Bertz CT molecular complexity index is 686. The molecule has 0 unspecified atom stereocenters. The van der Waals surface area contributed by atoms with E-state index >= 15 is 0 Å². The maximum absolute atomic E-state index is 12.2. The molecule has 1 aromatic heterocycles. The van der Waals surface area contributed by atoms with Gasteiger partial charge in [-0.1, -0.05) is 0 Å². The zero-order chi connectivity index (χ0) is 15.5. The number of aromatic amines is 1. The molecule has 0 aliphatic carbocycles. The van der Waals surface area contributed by atoms with E-state index in [4.69, 9.17) is 4.74 Å². The standard InChI is InChI=1S/C14H19N3O3S/c1-10-14(11(2)17-16-10)8-9-15-21(18,19)13-6-4-12(20-3)5-7-13/h4-7,15H,8-9H2,1-3H3,(H,16,17). The highest BCUT2D eigenvalue weighted by atomic mass is 32.2. The quantitative estimate of drug-likeness (QED) is 0.848. The molecule has 2 aromatic rings. The van der Waals surface area contributed by atoms with Crippen LogP contribution in [-0.4, -0.2) is 32.3 Å². The first-order valence-corrected chi connectivity index (χ1v) is 8.06. The zero-order valence-electron chi connectivity index (χ0n) is 12.3. The summed E-state index contributed by atoms with van der Waals surface area (Å²) in [6, 6.07) is 6.29. The number of hydrogen-bond acceptors (Lipinski definition) is 4. The molecule has 0 spiro atoms. The van der Waals surface area contributed by atoms with Gasteiger partial charge < -0.3 is 4.74 Å². The molecule has 2 rings (SSSR count). The molecule has 6 nitrogen and oxygen atoms in total. The zero-order valence-corrected chi connectivity index (χ0v) is 13.1. The molecule has 0 aliphatic rings. The third kappa shape index (κ3) is 3.62. The molecule has 0 bridgehead atoms. The van der Waals surface area contributed by atoms with Crippen molar-refractivity contribution in [3.8, 4) is 5.75 Å². The molecule has 0 aliphatic heterocycles. The van der Waals surface area contributed by atoms with Crippen LogP contribution in [0.25, 0.3) is 0 Å². The van der Waals surface area contributed by atoms with Crippen LogP contribution in [0, 0.1) is 13.8 Å². The first-order valence-electron chi connectivity index (χ1n) is 6.58. The number of nitrogens with zero attached hydrogens (tertiary/aromatic N) is 1. The van der Waals surface area contributed by atoms with Crippen molar-refractivity contribution in [2.24, 2.45) is 0 Å². The van der Waals surface area contributed by atoms with Gasteiger partial charge in [0.25, 0.3) is 0 Å². The smallest absolute Gasteiger partial charge is 0.240 e. The van der Waals surface area contributed by atoms with Gasteiger partial charge in [-0.3, -0.25) is 5.10 Å². The van der Waals surface area contributed by atoms with E-state index in [-0.39, 0.29) is 4.90 Å². The van der Waals surface area contributed by atoms with Gasteiger partial charge in [0.2, 0.25) is 10.0 Å². The lowest BCUT2D eigenvalue weighted by Gasteiger charge is -2.07. The number of benzene rings is 1. The topological polar surface area (TPSA) is 84.1 Å². The van der Waals surface area contributed by atoms with Crippen LogP contribution < -0.4 is 9.46 Å². The number of aryl methyl sites for hydroxylation is 2. The summed E-state index contributed by atoms with van der Waals surface area (Å²) in [6.45, 7) is 4.15. The van der Waals surface area contributed by atoms with Gasteiger partial charge in [-0.15, -0.1) is 0 Å². The lowest BCUT2D eigenvalue weighted by Crippen LogP contribution is -2.26. The maximum atomic E-state index is 12.2. The van der Waals surface area contributed by atoms with Crippen LogP contribution in [0.5, 0.6) is 5.75 Å². The van der Waals surface area contributed by atoms with E-state index in [1.54, 1.807) is 12.1 Å². The van der Waals surface area contributed by atoms with E-state index in [0.717, 1.165) is 17.0 Å². The first-order chi connectivity index (χ1) is 9.94. The minimum absolute atomic E-state index is 0.226. The highest BCUT2D eigenvalue weighted by Crippen LogP contribution is 2.15. The van der Waals surface area contributed by atoms with Crippen LogP contribution >= 0.6 is 0 Å². The normalized spacial score (nSPS) is 11.6. The van der Waals surface area contributed by atoms with Crippen LogP contribution in [0.15, 0.2) is 29.2 Å². The molecule has 1 aromatic carbocycles. The molecule has 21 heavy (non-hydrogen) atoms. The molecular weight excluding hydrogens is 290 g/mol. The van der Waals surface area contributed by atoms with Crippen molar-refractivity contribution in [2.75, 3.05) is 13.7 Å². The van der Waals surface area contributed by atoms with Crippen LogP contribution in [0.3, 0.4) is 0 Å². The van der Waals surface area contributed by atoms with Gasteiger partial charge >= 0.3 is 0 Å². The predicted octanol–water partition coefficient (Wildman–Crippen LogP) is 1.56. The molecular formula is C14H19N3O3S. The molecule has 114 valence electrons. The molecule has 7 heteroatoms. The second kappa shape index (κ2) is 6.28. The number of aromatic nitrogens is 2. The Morgan fingerprint density at radius 2 is 1.90 bits per heavy atom. The van der Waals surface area contributed by atoms with Crippen molar-refractivity contribution in [1.82, 2.24) is 14.9 Å². The molecule has 0 saturated carbocycles.